The number of nitrogens with zero attached hydrogens (tertiary/aromatic N) is 2. The Kier molecular flexibility index (Phi) is 5.34. The van der Waals surface area contributed by atoms with E-state index in [4.69, 9.17) is 21.3 Å². The molecule has 0 spiro atoms. The van der Waals surface area contributed by atoms with Crippen LogP contribution in [0.15, 0.2) is 54.7 Å². The average Bonchev–Trinajstić information content (AvgIpc) is 3.18. The van der Waals surface area contributed by atoms with Crippen molar-refractivity contribution in [2.45, 2.75) is 51.0 Å². The van der Waals surface area contributed by atoms with Crippen molar-refractivity contribution in [1.29, 1.82) is 0 Å². The molecule has 1 fully saturated rings. The molecule has 0 aliphatic heterocycles. The molecule has 2 aromatic heterocycles. The average molecular weight is 420 g/mol. The van der Waals surface area contributed by atoms with Gasteiger partial charge in [0, 0.05) is 22.5 Å². The molecule has 5 rings (SSSR count). The fourth-order valence-corrected chi connectivity index (χ4v) is 5.06. The van der Waals surface area contributed by atoms with Gasteiger partial charge in [-0.3, -0.25) is 4.98 Å². The topological polar surface area (TPSA) is 50.8 Å². The molecule has 4 aromatic rings. The number of fused-ring (bicyclic) bond motifs is 2. The van der Waals surface area contributed by atoms with Gasteiger partial charge >= 0.3 is 0 Å². The minimum Gasteiger partial charge on any atom is -0.490 e. The first-order chi connectivity index (χ1) is 14.7. The first-order valence-electron chi connectivity index (χ1n) is 10.9. The molecule has 0 bridgehead atoms. The highest BCUT2D eigenvalue weighted by Crippen LogP contribution is 2.39. The number of nitrogens with one attached hydrogen (secondary N) is 1. The van der Waals surface area contributed by atoms with Gasteiger partial charge in [-0.05, 0) is 74.4 Å². The zero-order valence-electron chi connectivity index (χ0n) is 17.1. The summed E-state index contributed by atoms with van der Waals surface area (Å²) in [6.45, 7) is 2.26. The van der Waals surface area contributed by atoms with Crippen molar-refractivity contribution in [1.82, 2.24) is 15.0 Å². The molecule has 1 atom stereocenters. The normalized spacial score (nSPS) is 20.5. The Morgan fingerprint density at radius 3 is 2.73 bits per heavy atom. The second kappa shape index (κ2) is 8.27. The molecule has 0 radical (unpaired) electrons. The van der Waals surface area contributed by atoms with Gasteiger partial charge in [0.15, 0.2) is 0 Å². The lowest BCUT2D eigenvalue weighted by molar-refractivity contribution is 0.122. The SMILES string of the molecule is CCC(c1nc2ccc(Cl)cc2[nH]1)[C@H]1CC[C@H](Oc2ccnc3ccccc23)CC1. The first kappa shape index (κ1) is 19.4. The quantitative estimate of drug-likeness (QED) is 0.383. The Balaban J connectivity index is 1.28. The molecule has 2 heterocycles. The van der Waals surface area contributed by atoms with Crippen LogP contribution >= 0.6 is 11.6 Å². The summed E-state index contributed by atoms with van der Waals surface area (Å²) in [5, 5.41) is 1.83. The van der Waals surface area contributed by atoms with Crippen LogP contribution in [0.4, 0.5) is 0 Å². The minimum absolute atomic E-state index is 0.263. The van der Waals surface area contributed by atoms with Gasteiger partial charge in [-0.2, -0.15) is 0 Å². The number of aromatic amines is 1. The van der Waals surface area contributed by atoms with E-state index in [1.165, 1.54) is 0 Å². The van der Waals surface area contributed by atoms with Crippen LogP contribution in [0.2, 0.25) is 5.02 Å². The molecule has 4 nitrogen and oxygen atoms in total. The lowest BCUT2D eigenvalue weighted by Crippen LogP contribution is -2.27. The summed E-state index contributed by atoms with van der Waals surface area (Å²) in [6.07, 6.45) is 7.64. The number of hydrogen-bond acceptors (Lipinski definition) is 3. The highest BCUT2D eigenvalue weighted by molar-refractivity contribution is 6.31. The Labute approximate surface area is 181 Å². The molecular weight excluding hydrogens is 394 g/mol. The van der Waals surface area contributed by atoms with Gasteiger partial charge in [0.25, 0.3) is 0 Å². The highest BCUT2D eigenvalue weighted by Gasteiger charge is 2.30. The molecule has 0 amide bonds. The fourth-order valence-electron chi connectivity index (χ4n) is 4.89. The maximum atomic E-state index is 6.42. The second-order valence-corrected chi connectivity index (χ2v) is 8.72. The van der Waals surface area contributed by atoms with E-state index in [-0.39, 0.29) is 6.10 Å². The van der Waals surface area contributed by atoms with Crippen LogP contribution < -0.4 is 4.74 Å². The van der Waals surface area contributed by atoms with E-state index in [0.29, 0.717) is 11.8 Å². The molecule has 1 unspecified atom stereocenters. The maximum Gasteiger partial charge on any atom is 0.130 e. The number of aromatic nitrogens is 3. The van der Waals surface area contributed by atoms with Crippen LogP contribution in [0.5, 0.6) is 5.75 Å². The third-order valence-electron chi connectivity index (χ3n) is 6.44. The largest absolute Gasteiger partial charge is 0.490 e. The van der Waals surface area contributed by atoms with Crippen molar-refractivity contribution in [3.63, 3.8) is 0 Å². The maximum absolute atomic E-state index is 6.42. The molecule has 154 valence electrons. The summed E-state index contributed by atoms with van der Waals surface area (Å²) >= 11 is 6.14. The summed E-state index contributed by atoms with van der Waals surface area (Å²) in [5.74, 6) is 3.11. The van der Waals surface area contributed by atoms with E-state index >= 15 is 0 Å². The van der Waals surface area contributed by atoms with Gasteiger partial charge in [-0.15, -0.1) is 0 Å². The summed E-state index contributed by atoms with van der Waals surface area (Å²) in [5.41, 5.74) is 3.01. The third kappa shape index (κ3) is 3.77. The Morgan fingerprint density at radius 1 is 1.07 bits per heavy atom. The summed E-state index contributed by atoms with van der Waals surface area (Å²) < 4.78 is 6.42. The van der Waals surface area contributed by atoms with Gasteiger partial charge in [-0.1, -0.05) is 30.7 Å². The Morgan fingerprint density at radius 2 is 1.90 bits per heavy atom. The van der Waals surface area contributed by atoms with Gasteiger partial charge in [0.2, 0.25) is 0 Å². The number of benzene rings is 2. The van der Waals surface area contributed by atoms with Crippen LogP contribution in [0.25, 0.3) is 21.9 Å². The molecule has 30 heavy (non-hydrogen) atoms. The van der Waals surface area contributed by atoms with Gasteiger partial charge in [-0.25, -0.2) is 4.98 Å². The van der Waals surface area contributed by atoms with Gasteiger partial charge in [0.1, 0.15) is 11.6 Å². The van der Waals surface area contributed by atoms with E-state index in [0.717, 1.165) is 70.6 Å². The van der Waals surface area contributed by atoms with E-state index in [9.17, 15) is 0 Å². The summed E-state index contributed by atoms with van der Waals surface area (Å²) in [4.78, 5) is 12.8. The first-order valence-corrected chi connectivity index (χ1v) is 11.2. The predicted molar refractivity (Wildman–Crippen MR) is 122 cm³/mol. The van der Waals surface area contributed by atoms with Crippen LogP contribution in [0, 0.1) is 5.92 Å². The van der Waals surface area contributed by atoms with Crippen molar-refractivity contribution >= 4 is 33.5 Å². The molecule has 1 aliphatic rings. The van der Waals surface area contributed by atoms with E-state index in [2.05, 4.69) is 23.0 Å². The van der Waals surface area contributed by atoms with Crippen molar-refractivity contribution in [3.05, 3.63) is 65.6 Å². The van der Waals surface area contributed by atoms with E-state index < -0.39 is 0 Å². The van der Waals surface area contributed by atoms with Crippen molar-refractivity contribution in [2.24, 2.45) is 5.92 Å². The third-order valence-corrected chi connectivity index (χ3v) is 6.68. The molecular formula is C25H26ClN3O. The lowest BCUT2D eigenvalue weighted by Gasteiger charge is -2.33. The number of para-hydroxylation sites is 1. The zero-order valence-corrected chi connectivity index (χ0v) is 17.9. The van der Waals surface area contributed by atoms with E-state index in [1.54, 1.807) is 0 Å². The molecule has 1 N–H and O–H groups in total. The van der Waals surface area contributed by atoms with Crippen molar-refractivity contribution < 1.29 is 4.74 Å². The second-order valence-electron chi connectivity index (χ2n) is 8.28. The molecule has 0 saturated heterocycles. The number of hydrogen-bond donors (Lipinski definition) is 1. The molecule has 2 aromatic carbocycles. The van der Waals surface area contributed by atoms with Crippen LogP contribution in [-0.4, -0.2) is 21.1 Å². The number of ether oxygens (including phenoxy) is 1. The lowest BCUT2D eigenvalue weighted by atomic mass is 9.77. The summed E-state index contributed by atoms with van der Waals surface area (Å²) in [6, 6.07) is 16.0. The number of rotatable bonds is 5. The Hall–Kier alpha value is -2.59. The smallest absolute Gasteiger partial charge is 0.130 e. The van der Waals surface area contributed by atoms with Crippen LogP contribution in [-0.2, 0) is 0 Å². The number of imidazole rings is 1. The van der Waals surface area contributed by atoms with Gasteiger partial charge in [0.05, 0.1) is 22.7 Å². The van der Waals surface area contributed by atoms with Gasteiger partial charge < -0.3 is 9.72 Å². The predicted octanol–water partition coefficient (Wildman–Crippen LogP) is 6.90. The number of H-pyrrole nitrogens is 1. The minimum atomic E-state index is 0.263. The Bertz CT molecular complexity index is 1160. The number of pyridine rings is 1. The molecule has 1 aliphatic carbocycles. The summed E-state index contributed by atoms with van der Waals surface area (Å²) in [7, 11) is 0. The highest BCUT2D eigenvalue weighted by atomic mass is 35.5. The van der Waals surface area contributed by atoms with Crippen molar-refractivity contribution in [3.8, 4) is 5.75 Å². The molecule has 1 saturated carbocycles. The standard InChI is InChI=1S/C25H26ClN3O/c1-2-19(25-28-22-12-9-17(26)15-23(22)29-25)16-7-10-18(11-8-16)30-24-13-14-27-21-6-4-3-5-20(21)24/h3-6,9,12-16,18-19H,2,7-8,10-11H2,1H3,(H,28,29)/t16-,18-,19?. The molecule has 5 heteroatoms. The van der Waals surface area contributed by atoms with E-state index in [1.807, 2.05) is 48.7 Å². The monoisotopic (exact) mass is 419 g/mol. The zero-order chi connectivity index (χ0) is 20.5. The van der Waals surface area contributed by atoms with Crippen molar-refractivity contribution in [2.75, 3.05) is 0 Å². The number of halogens is 1. The van der Waals surface area contributed by atoms with Crippen LogP contribution in [0.3, 0.4) is 0 Å². The van der Waals surface area contributed by atoms with Crippen LogP contribution in [0.1, 0.15) is 50.8 Å². The fraction of sp³-hybridized carbons (Fsp3) is 0.360.